The molecule has 1 aliphatic rings. The predicted molar refractivity (Wildman–Crippen MR) is 93.7 cm³/mol. The van der Waals surface area contributed by atoms with Crippen molar-refractivity contribution in [2.45, 2.75) is 26.2 Å². The molecular weight excluding hydrogens is 282 g/mol. The van der Waals surface area contributed by atoms with E-state index >= 15 is 0 Å². The number of hydrogen-bond acceptors (Lipinski definition) is 1. The van der Waals surface area contributed by atoms with Gasteiger partial charge in [-0.2, -0.15) is 0 Å². The molecule has 0 fully saturated rings. The van der Waals surface area contributed by atoms with E-state index in [0.29, 0.717) is 0 Å². The maximum Gasteiger partial charge on any atom is 0.220 e. The number of benzene rings is 2. The average Bonchev–Trinajstić information content (AvgIpc) is 2.79. The third kappa shape index (κ3) is 2.48. The zero-order valence-electron chi connectivity index (χ0n) is 13.8. The standard InChI is InChI=1S/C21H22NO/c1-15-7-3-4-9-18(15)21-19-13-17-8-5-6-12-23-20(17)14-16(19)10-11-22(21)2/h3-4,7,9-11,13-14H,5-6,8,12H2,1-2H3/q+1. The fourth-order valence-corrected chi connectivity index (χ4v) is 3.54. The van der Waals surface area contributed by atoms with Crippen LogP contribution >= 0.6 is 0 Å². The number of ether oxygens (including phenoxy) is 1. The average molecular weight is 304 g/mol. The Kier molecular flexibility index (Phi) is 3.53. The highest BCUT2D eigenvalue weighted by Crippen LogP contribution is 2.34. The molecule has 0 aliphatic carbocycles. The minimum atomic E-state index is 0.837. The molecular formula is C21H22NO+. The molecule has 0 saturated carbocycles. The Morgan fingerprint density at radius 1 is 1.04 bits per heavy atom. The van der Waals surface area contributed by atoms with E-state index in [2.05, 4.69) is 67.2 Å². The van der Waals surface area contributed by atoms with Gasteiger partial charge in [0.1, 0.15) is 12.8 Å². The molecule has 0 bridgehead atoms. The maximum absolute atomic E-state index is 5.95. The molecule has 0 spiro atoms. The highest BCUT2D eigenvalue weighted by Gasteiger charge is 2.19. The van der Waals surface area contributed by atoms with E-state index in [1.54, 1.807) is 0 Å². The van der Waals surface area contributed by atoms with E-state index < -0.39 is 0 Å². The van der Waals surface area contributed by atoms with Crippen molar-refractivity contribution in [2.24, 2.45) is 7.05 Å². The molecule has 0 radical (unpaired) electrons. The molecule has 2 heteroatoms. The lowest BCUT2D eigenvalue weighted by Crippen LogP contribution is -2.30. The van der Waals surface area contributed by atoms with Crippen molar-refractivity contribution in [3.8, 4) is 17.0 Å². The fourth-order valence-electron chi connectivity index (χ4n) is 3.54. The highest BCUT2D eigenvalue weighted by atomic mass is 16.5. The smallest absolute Gasteiger partial charge is 0.220 e. The normalized spacial score (nSPS) is 14.2. The van der Waals surface area contributed by atoms with E-state index in [1.807, 2.05) is 0 Å². The van der Waals surface area contributed by atoms with Crippen molar-refractivity contribution >= 4 is 10.8 Å². The number of nitrogens with zero attached hydrogens (tertiary/aromatic N) is 1. The summed E-state index contributed by atoms with van der Waals surface area (Å²) < 4.78 is 8.18. The summed E-state index contributed by atoms with van der Waals surface area (Å²) in [4.78, 5) is 0. The lowest BCUT2D eigenvalue weighted by atomic mass is 9.96. The predicted octanol–water partition coefficient (Wildman–Crippen LogP) is 4.35. The van der Waals surface area contributed by atoms with Gasteiger partial charge in [-0.05, 0) is 60.9 Å². The van der Waals surface area contributed by atoms with Gasteiger partial charge in [-0.1, -0.05) is 18.2 Å². The van der Waals surface area contributed by atoms with E-state index in [-0.39, 0.29) is 0 Å². The van der Waals surface area contributed by atoms with E-state index in [9.17, 15) is 0 Å². The van der Waals surface area contributed by atoms with Crippen LogP contribution in [0.3, 0.4) is 0 Å². The first-order valence-corrected chi connectivity index (χ1v) is 8.38. The van der Waals surface area contributed by atoms with Gasteiger partial charge in [0.15, 0.2) is 6.20 Å². The number of fused-ring (bicyclic) bond motifs is 2. The summed E-state index contributed by atoms with van der Waals surface area (Å²) in [5.41, 5.74) is 5.24. The van der Waals surface area contributed by atoms with Crippen LogP contribution < -0.4 is 9.30 Å². The van der Waals surface area contributed by atoms with Crippen LogP contribution in [0.1, 0.15) is 24.0 Å². The van der Waals surface area contributed by atoms with Crippen molar-refractivity contribution in [2.75, 3.05) is 6.61 Å². The molecule has 0 unspecified atom stereocenters. The third-order valence-electron chi connectivity index (χ3n) is 4.82. The van der Waals surface area contributed by atoms with Crippen LogP contribution in [0.2, 0.25) is 0 Å². The van der Waals surface area contributed by atoms with Gasteiger partial charge in [0.05, 0.1) is 12.0 Å². The third-order valence-corrected chi connectivity index (χ3v) is 4.82. The first-order valence-electron chi connectivity index (χ1n) is 8.38. The number of aromatic nitrogens is 1. The van der Waals surface area contributed by atoms with E-state index in [4.69, 9.17) is 4.74 Å². The molecule has 3 aromatic rings. The van der Waals surface area contributed by atoms with Crippen molar-refractivity contribution in [3.05, 3.63) is 59.8 Å². The second kappa shape index (κ2) is 5.69. The van der Waals surface area contributed by atoms with Gasteiger partial charge < -0.3 is 4.74 Å². The zero-order valence-corrected chi connectivity index (χ0v) is 13.8. The van der Waals surface area contributed by atoms with Crippen LogP contribution in [0, 0.1) is 6.92 Å². The number of rotatable bonds is 1. The van der Waals surface area contributed by atoms with Crippen LogP contribution in [0.4, 0.5) is 0 Å². The van der Waals surface area contributed by atoms with Crippen molar-refractivity contribution < 1.29 is 9.30 Å². The maximum atomic E-state index is 5.95. The summed E-state index contributed by atoms with van der Waals surface area (Å²) in [6, 6.07) is 15.4. The van der Waals surface area contributed by atoms with Crippen LogP contribution in [-0.2, 0) is 13.5 Å². The van der Waals surface area contributed by atoms with Gasteiger partial charge in [0.2, 0.25) is 5.69 Å². The monoisotopic (exact) mass is 304 g/mol. The van der Waals surface area contributed by atoms with Crippen LogP contribution in [0.5, 0.6) is 5.75 Å². The minimum absolute atomic E-state index is 0.837. The summed E-state index contributed by atoms with van der Waals surface area (Å²) in [7, 11) is 2.13. The molecule has 2 nitrogen and oxygen atoms in total. The Labute approximate surface area is 137 Å². The molecule has 1 aromatic heterocycles. The van der Waals surface area contributed by atoms with Gasteiger partial charge in [0.25, 0.3) is 0 Å². The molecule has 1 aliphatic heterocycles. The summed E-state index contributed by atoms with van der Waals surface area (Å²) in [6.07, 6.45) is 5.60. The van der Waals surface area contributed by atoms with Crippen molar-refractivity contribution in [3.63, 3.8) is 0 Å². The highest BCUT2D eigenvalue weighted by molar-refractivity contribution is 5.95. The molecule has 4 rings (SSSR count). The molecule has 0 atom stereocenters. The number of pyridine rings is 1. The van der Waals surface area contributed by atoms with Gasteiger partial charge in [-0.3, -0.25) is 0 Å². The second-order valence-electron chi connectivity index (χ2n) is 6.44. The van der Waals surface area contributed by atoms with E-state index in [0.717, 1.165) is 25.2 Å². The van der Waals surface area contributed by atoms with Crippen molar-refractivity contribution in [1.82, 2.24) is 0 Å². The Morgan fingerprint density at radius 3 is 2.78 bits per heavy atom. The Balaban J connectivity index is 2.02. The van der Waals surface area contributed by atoms with E-state index in [1.165, 1.54) is 39.6 Å². The second-order valence-corrected chi connectivity index (χ2v) is 6.44. The summed E-state index contributed by atoms with van der Waals surface area (Å²) in [5, 5.41) is 2.57. The topological polar surface area (TPSA) is 13.1 Å². The summed E-state index contributed by atoms with van der Waals surface area (Å²) >= 11 is 0. The lowest BCUT2D eigenvalue weighted by molar-refractivity contribution is -0.659. The first kappa shape index (κ1) is 14.3. The van der Waals surface area contributed by atoms with Gasteiger partial charge in [-0.15, -0.1) is 0 Å². The Bertz CT molecular complexity index is 882. The largest absolute Gasteiger partial charge is 0.493 e. The minimum Gasteiger partial charge on any atom is -0.493 e. The van der Waals surface area contributed by atoms with Crippen LogP contribution in [0.25, 0.3) is 22.0 Å². The molecule has 0 N–H and O–H groups in total. The first-order chi connectivity index (χ1) is 11.2. The molecule has 2 aromatic carbocycles. The summed E-state index contributed by atoms with van der Waals surface area (Å²) in [5.74, 6) is 1.07. The van der Waals surface area contributed by atoms with Gasteiger partial charge >= 0.3 is 0 Å². The number of aryl methyl sites for hydroxylation is 3. The SMILES string of the molecule is Cc1ccccc1-c1c2cc3c(cc2cc[n+]1C)OCCCC3. The van der Waals surface area contributed by atoms with Gasteiger partial charge in [0, 0.05) is 11.6 Å². The quantitative estimate of drug-likeness (QED) is 0.609. The van der Waals surface area contributed by atoms with Crippen molar-refractivity contribution in [1.29, 1.82) is 0 Å². The number of hydrogen-bond donors (Lipinski definition) is 0. The molecule has 23 heavy (non-hydrogen) atoms. The van der Waals surface area contributed by atoms with Crippen LogP contribution in [-0.4, -0.2) is 6.61 Å². The molecule has 0 amide bonds. The summed E-state index contributed by atoms with van der Waals surface area (Å²) in [6.45, 7) is 3.02. The fraction of sp³-hybridized carbons (Fsp3) is 0.286. The van der Waals surface area contributed by atoms with Gasteiger partial charge in [-0.25, -0.2) is 4.57 Å². The molecule has 2 heterocycles. The zero-order chi connectivity index (χ0) is 15.8. The van der Waals surface area contributed by atoms with Crippen LogP contribution in [0.15, 0.2) is 48.7 Å². The molecule has 116 valence electrons. The molecule has 0 saturated heterocycles. The lowest BCUT2D eigenvalue weighted by Gasteiger charge is -2.12. The Morgan fingerprint density at radius 2 is 1.91 bits per heavy atom. The Hall–Kier alpha value is -2.35.